The molecule has 0 aliphatic carbocycles. The van der Waals surface area contributed by atoms with Crippen LogP contribution in [0.3, 0.4) is 0 Å². The van der Waals surface area contributed by atoms with Gasteiger partial charge in [-0.15, -0.1) is 0 Å². The number of nitrogens with one attached hydrogen (secondary N) is 3. The number of aromatic nitrogens is 2. The van der Waals surface area contributed by atoms with Crippen LogP contribution in [-0.2, 0) is 11.3 Å². The minimum absolute atomic E-state index is 0.00822. The van der Waals surface area contributed by atoms with Crippen molar-refractivity contribution in [3.05, 3.63) is 18.0 Å². The van der Waals surface area contributed by atoms with Gasteiger partial charge in [0.1, 0.15) is 0 Å². The summed E-state index contributed by atoms with van der Waals surface area (Å²) in [5.74, 6) is -0.00822. The highest BCUT2D eigenvalue weighted by molar-refractivity contribution is 5.78. The third-order valence-electron chi connectivity index (χ3n) is 1.82. The lowest BCUT2D eigenvalue weighted by atomic mass is 10.1. The monoisotopic (exact) mass is 210 g/mol. The molecule has 3 N–H and O–H groups in total. The van der Waals surface area contributed by atoms with Gasteiger partial charge >= 0.3 is 0 Å². The van der Waals surface area contributed by atoms with Crippen LogP contribution in [0.25, 0.3) is 0 Å². The van der Waals surface area contributed by atoms with Crippen LogP contribution in [0.4, 0.5) is 0 Å². The van der Waals surface area contributed by atoms with Crippen LogP contribution in [0.2, 0.25) is 0 Å². The van der Waals surface area contributed by atoms with Crippen LogP contribution in [0.5, 0.6) is 0 Å². The van der Waals surface area contributed by atoms with E-state index in [1.807, 2.05) is 20.8 Å². The normalized spacial score (nSPS) is 11.4. The van der Waals surface area contributed by atoms with E-state index in [2.05, 4.69) is 20.8 Å². The maximum atomic E-state index is 11.4. The Morgan fingerprint density at radius 2 is 2.27 bits per heavy atom. The van der Waals surface area contributed by atoms with Gasteiger partial charge in [0.15, 0.2) is 0 Å². The van der Waals surface area contributed by atoms with Crippen LogP contribution in [-0.4, -0.2) is 28.2 Å². The Kier molecular flexibility index (Phi) is 3.85. The highest BCUT2D eigenvalue weighted by Crippen LogP contribution is 1.97. The number of hydrogen-bond acceptors (Lipinski definition) is 3. The van der Waals surface area contributed by atoms with Gasteiger partial charge < -0.3 is 10.6 Å². The summed E-state index contributed by atoms with van der Waals surface area (Å²) in [6.07, 6.45) is 3.45. The maximum absolute atomic E-state index is 11.4. The quantitative estimate of drug-likeness (QED) is 0.674. The minimum atomic E-state index is -0.0347. The van der Waals surface area contributed by atoms with Gasteiger partial charge in [-0.2, -0.15) is 5.10 Å². The van der Waals surface area contributed by atoms with E-state index in [-0.39, 0.29) is 11.4 Å². The van der Waals surface area contributed by atoms with Crippen LogP contribution in [0.1, 0.15) is 26.3 Å². The van der Waals surface area contributed by atoms with Crippen molar-refractivity contribution >= 4 is 5.91 Å². The summed E-state index contributed by atoms with van der Waals surface area (Å²) in [4.78, 5) is 11.4. The van der Waals surface area contributed by atoms with Crippen molar-refractivity contribution in [2.24, 2.45) is 0 Å². The lowest BCUT2D eigenvalue weighted by Gasteiger charge is -2.19. The zero-order valence-corrected chi connectivity index (χ0v) is 9.42. The zero-order chi connectivity index (χ0) is 11.3. The molecular formula is C10H18N4O. The van der Waals surface area contributed by atoms with Gasteiger partial charge in [-0.3, -0.25) is 9.89 Å². The molecule has 0 atom stereocenters. The van der Waals surface area contributed by atoms with Crippen molar-refractivity contribution in [2.75, 3.05) is 6.54 Å². The summed E-state index contributed by atoms with van der Waals surface area (Å²) in [6, 6.07) is 0. The van der Waals surface area contributed by atoms with Crippen molar-refractivity contribution in [3.63, 3.8) is 0 Å². The molecule has 15 heavy (non-hydrogen) atoms. The van der Waals surface area contributed by atoms with Crippen LogP contribution in [0, 0.1) is 0 Å². The maximum Gasteiger partial charge on any atom is 0.234 e. The summed E-state index contributed by atoms with van der Waals surface area (Å²) >= 11 is 0. The number of H-pyrrole nitrogens is 1. The van der Waals surface area contributed by atoms with E-state index in [0.29, 0.717) is 13.1 Å². The number of hydrogen-bond donors (Lipinski definition) is 3. The molecule has 1 rings (SSSR count). The molecule has 84 valence electrons. The Labute approximate surface area is 89.6 Å². The smallest absolute Gasteiger partial charge is 0.234 e. The van der Waals surface area contributed by atoms with Crippen molar-refractivity contribution < 1.29 is 4.79 Å². The van der Waals surface area contributed by atoms with E-state index in [9.17, 15) is 4.79 Å². The average Bonchev–Trinajstić information content (AvgIpc) is 2.62. The van der Waals surface area contributed by atoms with E-state index in [0.717, 1.165) is 5.56 Å². The third kappa shape index (κ3) is 5.17. The Morgan fingerprint density at radius 1 is 1.53 bits per heavy atom. The van der Waals surface area contributed by atoms with E-state index < -0.39 is 0 Å². The van der Waals surface area contributed by atoms with Gasteiger partial charge in [0.2, 0.25) is 5.91 Å². The van der Waals surface area contributed by atoms with Gasteiger partial charge in [0, 0.05) is 23.8 Å². The van der Waals surface area contributed by atoms with Crippen molar-refractivity contribution in [2.45, 2.75) is 32.9 Å². The minimum Gasteiger partial charge on any atom is -0.351 e. The number of aromatic amines is 1. The molecule has 1 amide bonds. The Hall–Kier alpha value is -1.36. The number of rotatable bonds is 4. The Bertz CT molecular complexity index is 300. The fraction of sp³-hybridized carbons (Fsp3) is 0.600. The first-order valence-corrected chi connectivity index (χ1v) is 4.97. The summed E-state index contributed by atoms with van der Waals surface area (Å²) in [7, 11) is 0. The molecule has 0 bridgehead atoms. The predicted molar refractivity (Wildman–Crippen MR) is 58.2 cm³/mol. The molecule has 0 radical (unpaired) electrons. The summed E-state index contributed by atoms with van der Waals surface area (Å²) in [5, 5.41) is 12.4. The summed E-state index contributed by atoms with van der Waals surface area (Å²) in [5.41, 5.74) is 0.937. The molecule has 0 aliphatic heterocycles. The van der Waals surface area contributed by atoms with Gasteiger partial charge in [-0.05, 0) is 20.8 Å². The highest BCUT2D eigenvalue weighted by Gasteiger charge is 2.10. The number of amides is 1. The van der Waals surface area contributed by atoms with Crippen molar-refractivity contribution in [3.8, 4) is 0 Å². The fourth-order valence-corrected chi connectivity index (χ4v) is 0.983. The molecule has 5 nitrogen and oxygen atoms in total. The van der Waals surface area contributed by atoms with E-state index in [4.69, 9.17) is 0 Å². The van der Waals surface area contributed by atoms with Gasteiger partial charge in [0.25, 0.3) is 0 Å². The molecule has 0 unspecified atom stereocenters. The summed E-state index contributed by atoms with van der Waals surface area (Å²) < 4.78 is 0. The molecule has 0 saturated heterocycles. The second-order valence-corrected chi connectivity index (χ2v) is 4.49. The number of carbonyl (C=O) groups excluding carboxylic acids is 1. The second-order valence-electron chi connectivity index (χ2n) is 4.49. The SMILES string of the molecule is CC(C)(C)NCC(=O)NCc1cn[nH]c1. The topological polar surface area (TPSA) is 69.8 Å². The van der Waals surface area contributed by atoms with Crippen molar-refractivity contribution in [1.82, 2.24) is 20.8 Å². The molecule has 1 heterocycles. The first-order valence-electron chi connectivity index (χ1n) is 4.97. The Morgan fingerprint density at radius 3 is 2.80 bits per heavy atom. The molecule has 0 aliphatic rings. The average molecular weight is 210 g/mol. The Balaban J connectivity index is 2.20. The van der Waals surface area contributed by atoms with Crippen molar-refractivity contribution in [1.29, 1.82) is 0 Å². The number of carbonyl (C=O) groups is 1. The molecule has 5 heteroatoms. The lowest BCUT2D eigenvalue weighted by Crippen LogP contribution is -2.43. The third-order valence-corrected chi connectivity index (χ3v) is 1.82. The molecule has 1 aromatic heterocycles. The van der Waals surface area contributed by atoms with Crippen LogP contribution >= 0.6 is 0 Å². The standard InChI is InChI=1S/C10H18N4O/c1-10(2,3)12-7-9(15)11-4-8-5-13-14-6-8/h5-6,12H,4,7H2,1-3H3,(H,11,15)(H,13,14). The highest BCUT2D eigenvalue weighted by atomic mass is 16.1. The van der Waals surface area contributed by atoms with E-state index >= 15 is 0 Å². The van der Waals surface area contributed by atoms with Crippen LogP contribution < -0.4 is 10.6 Å². The number of nitrogens with zero attached hydrogens (tertiary/aromatic N) is 1. The molecule has 0 fully saturated rings. The van der Waals surface area contributed by atoms with Gasteiger partial charge in [0.05, 0.1) is 12.7 Å². The van der Waals surface area contributed by atoms with Crippen LogP contribution in [0.15, 0.2) is 12.4 Å². The molecule has 0 aromatic carbocycles. The van der Waals surface area contributed by atoms with E-state index in [1.165, 1.54) is 0 Å². The zero-order valence-electron chi connectivity index (χ0n) is 9.42. The summed E-state index contributed by atoms with van der Waals surface area (Å²) in [6.45, 7) is 6.92. The molecule has 1 aromatic rings. The van der Waals surface area contributed by atoms with Gasteiger partial charge in [-0.25, -0.2) is 0 Å². The first kappa shape index (κ1) is 11.7. The lowest BCUT2D eigenvalue weighted by molar-refractivity contribution is -0.120. The molecular weight excluding hydrogens is 192 g/mol. The predicted octanol–water partition coefficient (Wildman–Crippen LogP) is 0.414. The largest absolute Gasteiger partial charge is 0.351 e. The second kappa shape index (κ2) is 4.93. The van der Waals surface area contributed by atoms with E-state index in [1.54, 1.807) is 12.4 Å². The first-order chi connectivity index (χ1) is 6.97. The van der Waals surface area contributed by atoms with Gasteiger partial charge in [-0.1, -0.05) is 0 Å². The molecule has 0 saturated carbocycles. The fourth-order valence-electron chi connectivity index (χ4n) is 0.983. The molecule has 0 spiro atoms.